The average Bonchev–Trinajstić information content (AvgIpc) is 3.08. The fourth-order valence-corrected chi connectivity index (χ4v) is 5.32. The summed E-state index contributed by atoms with van der Waals surface area (Å²) in [6, 6.07) is 17.2. The van der Waals surface area contributed by atoms with Crippen LogP contribution in [0, 0.1) is 5.92 Å². The summed E-state index contributed by atoms with van der Waals surface area (Å²) >= 11 is 0. The zero-order chi connectivity index (χ0) is 17.3. The van der Waals surface area contributed by atoms with Gasteiger partial charge >= 0.3 is 0 Å². The van der Waals surface area contributed by atoms with Gasteiger partial charge in [0.25, 0.3) is 0 Å². The summed E-state index contributed by atoms with van der Waals surface area (Å²) in [5.74, 6) is 0.606. The Balaban J connectivity index is 1.69. The Bertz CT molecular complexity index is 1160. The maximum atomic E-state index is 14.4. The molecule has 2 aromatic carbocycles. The Morgan fingerprint density at radius 2 is 1.50 bits per heavy atom. The van der Waals surface area contributed by atoms with E-state index in [-0.39, 0.29) is 0 Å². The number of alkyl halides is 1. The molecule has 4 aliphatic carbocycles. The number of allylic oxidation sites excluding steroid dienone is 5. The van der Waals surface area contributed by atoms with Crippen LogP contribution in [0.25, 0.3) is 18.2 Å². The van der Waals surface area contributed by atoms with E-state index in [1.54, 1.807) is 0 Å². The molecule has 1 saturated carbocycles. The molecule has 0 aliphatic heterocycles. The van der Waals surface area contributed by atoms with Crippen LogP contribution in [0.15, 0.2) is 76.9 Å². The molecule has 1 fully saturated rings. The van der Waals surface area contributed by atoms with Gasteiger partial charge in [-0.15, -0.1) is 0 Å². The molecule has 126 valence electrons. The summed E-state index contributed by atoms with van der Waals surface area (Å²) in [7, 11) is 0. The van der Waals surface area contributed by atoms with Crippen molar-refractivity contribution in [1.82, 2.24) is 0 Å². The van der Waals surface area contributed by atoms with Crippen molar-refractivity contribution < 1.29 is 4.39 Å². The topological polar surface area (TPSA) is 0 Å². The van der Waals surface area contributed by atoms with Crippen molar-refractivity contribution in [2.24, 2.45) is 5.92 Å². The average molecular weight is 338 g/mol. The molecule has 0 spiro atoms. The Morgan fingerprint density at radius 1 is 0.769 bits per heavy atom. The third kappa shape index (κ3) is 1.89. The zero-order valence-corrected chi connectivity index (χ0v) is 14.5. The van der Waals surface area contributed by atoms with Crippen LogP contribution in [-0.2, 0) is 0 Å². The molecule has 0 heterocycles. The summed E-state index contributed by atoms with van der Waals surface area (Å²) in [5.41, 5.74) is 7.90. The minimum Gasteiger partial charge on any atom is -0.247 e. The minimum atomic E-state index is -0.740. The van der Waals surface area contributed by atoms with Crippen LogP contribution >= 0.6 is 0 Å². The molecule has 0 nitrogen and oxygen atoms in total. The summed E-state index contributed by atoms with van der Waals surface area (Å²) < 4.78 is 14.4. The largest absolute Gasteiger partial charge is 0.247 e. The molecule has 3 atom stereocenters. The normalized spacial score (nSPS) is 27.7. The van der Waals surface area contributed by atoms with Gasteiger partial charge in [0.1, 0.15) is 6.17 Å². The van der Waals surface area contributed by atoms with Gasteiger partial charge in [0.05, 0.1) is 0 Å². The van der Waals surface area contributed by atoms with Gasteiger partial charge in [-0.3, -0.25) is 0 Å². The van der Waals surface area contributed by atoms with E-state index >= 15 is 0 Å². The van der Waals surface area contributed by atoms with E-state index in [1.165, 1.54) is 43.9 Å². The number of hydrogen-bond donors (Lipinski definition) is 0. The zero-order valence-electron chi connectivity index (χ0n) is 14.5. The van der Waals surface area contributed by atoms with Crippen molar-refractivity contribution >= 4 is 18.2 Å². The van der Waals surface area contributed by atoms with Gasteiger partial charge in [0.2, 0.25) is 0 Å². The molecular weight excluding hydrogens is 319 g/mol. The lowest BCUT2D eigenvalue weighted by molar-refractivity contribution is 0.354. The highest BCUT2D eigenvalue weighted by Gasteiger charge is 2.41. The van der Waals surface area contributed by atoms with E-state index in [9.17, 15) is 4.39 Å². The third-order valence-corrected chi connectivity index (χ3v) is 6.41. The highest BCUT2D eigenvalue weighted by molar-refractivity contribution is 5.75. The van der Waals surface area contributed by atoms with Crippen LogP contribution in [-0.4, -0.2) is 6.17 Å². The monoisotopic (exact) mass is 338 g/mol. The minimum absolute atomic E-state index is 0.301. The van der Waals surface area contributed by atoms with Gasteiger partial charge in [-0.1, -0.05) is 72.8 Å². The Morgan fingerprint density at radius 3 is 2.38 bits per heavy atom. The second-order valence-electron chi connectivity index (χ2n) is 7.78. The highest BCUT2D eigenvalue weighted by Crippen LogP contribution is 2.54. The van der Waals surface area contributed by atoms with Crippen LogP contribution in [0.2, 0.25) is 0 Å². The Labute approximate surface area is 152 Å². The van der Waals surface area contributed by atoms with Crippen LogP contribution in [0.1, 0.15) is 29.9 Å². The maximum Gasteiger partial charge on any atom is 0.108 e. The Kier molecular flexibility index (Phi) is 2.88. The fourth-order valence-electron chi connectivity index (χ4n) is 5.32. The SMILES string of the molecule is FC1CC2=C3C=c4ccccc4=CC3C3C(=C2C1)C=Cc1ccccc13. The van der Waals surface area contributed by atoms with E-state index in [0.29, 0.717) is 24.7 Å². The van der Waals surface area contributed by atoms with Gasteiger partial charge < -0.3 is 0 Å². The van der Waals surface area contributed by atoms with Gasteiger partial charge in [-0.05, 0) is 43.9 Å². The predicted molar refractivity (Wildman–Crippen MR) is 105 cm³/mol. The molecule has 1 heteroatoms. The first-order chi connectivity index (χ1) is 12.8. The molecule has 2 aromatic rings. The van der Waals surface area contributed by atoms with Crippen molar-refractivity contribution in [2.75, 3.05) is 0 Å². The summed E-state index contributed by atoms with van der Waals surface area (Å²) in [4.78, 5) is 0. The molecule has 0 amide bonds. The molecule has 3 unspecified atom stereocenters. The smallest absolute Gasteiger partial charge is 0.108 e. The molecule has 6 rings (SSSR count). The second-order valence-corrected chi connectivity index (χ2v) is 7.78. The van der Waals surface area contributed by atoms with Gasteiger partial charge in [-0.25, -0.2) is 4.39 Å². The standard InChI is InChI=1S/C25H19F/c26-18-13-22-20-10-9-15-5-3-4-8-19(15)25(20)24-12-17-7-2-1-6-16(17)11-21(24)23(22)14-18/h1-12,18,24-25H,13-14H2. The van der Waals surface area contributed by atoms with E-state index < -0.39 is 6.17 Å². The van der Waals surface area contributed by atoms with Crippen molar-refractivity contribution in [3.63, 3.8) is 0 Å². The van der Waals surface area contributed by atoms with Crippen LogP contribution in [0.3, 0.4) is 0 Å². The second kappa shape index (κ2) is 5.17. The lowest BCUT2D eigenvalue weighted by atomic mass is 9.65. The first-order valence-corrected chi connectivity index (χ1v) is 9.46. The van der Waals surface area contributed by atoms with E-state index in [0.717, 1.165) is 0 Å². The highest BCUT2D eigenvalue weighted by atomic mass is 19.1. The van der Waals surface area contributed by atoms with Gasteiger partial charge in [0.15, 0.2) is 0 Å². The molecule has 0 radical (unpaired) electrons. The lowest BCUT2D eigenvalue weighted by Crippen LogP contribution is -2.34. The number of rotatable bonds is 0. The summed E-state index contributed by atoms with van der Waals surface area (Å²) in [6.07, 6.45) is 9.61. The van der Waals surface area contributed by atoms with Crippen molar-refractivity contribution in [1.29, 1.82) is 0 Å². The maximum absolute atomic E-state index is 14.4. The quantitative estimate of drug-likeness (QED) is 0.667. The summed E-state index contributed by atoms with van der Waals surface area (Å²) in [5, 5.41) is 2.56. The van der Waals surface area contributed by atoms with Crippen LogP contribution < -0.4 is 10.4 Å². The number of halogens is 1. The summed E-state index contributed by atoms with van der Waals surface area (Å²) in [6.45, 7) is 0. The molecule has 0 bridgehead atoms. The molecular formula is C25H19F. The van der Waals surface area contributed by atoms with Crippen LogP contribution in [0.5, 0.6) is 0 Å². The van der Waals surface area contributed by atoms with Crippen molar-refractivity contribution in [2.45, 2.75) is 24.9 Å². The predicted octanol–water partition coefficient (Wildman–Crippen LogP) is 4.43. The van der Waals surface area contributed by atoms with Crippen molar-refractivity contribution in [3.8, 4) is 0 Å². The number of fused-ring (bicyclic) bond motifs is 7. The molecule has 0 aromatic heterocycles. The lowest BCUT2D eigenvalue weighted by Gasteiger charge is -2.38. The van der Waals surface area contributed by atoms with Gasteiger partial charge in [0, 0.05) is 24.7 Å². The molecule has 26 heavy (non-hydrogen) atoms. The van der Waals surface area contributed by atoms with Gasteiger partial charge in [-0.2, -0.15) is 0 Å². The molecule has 4 aliphatic rings. The number of hydrogen-bond acceptors (Lipinski definition) is 0. The first-order valence-electron chi connectivity index (χ1n) is 9.46. The third-order valence-electron chi connectivity index (χ3n) is 6.41. The number of benzene rings is 2. The van der Waals surface area contributed by atoms with E-state index in [4.69, 9.17) is 0 Å². The van der Waals surface area contributed by atoms with E-state index in [1.807, 2.05) is 0 Å². The van der Waals surface area contributed by atoms with Crippen LogP contribution in [0.4, 0.5) is 4.39 Å². The Hall–Kier alpha value is -2.67. The molecule has 0 saturated heterocycles. The first kappa shape index (κ1) is 14.5. The molecule has 0 N–H and O–H groups in total. The van der Waals surface area contributed by atoms with Crippen molar-refractivity contribution in [3.05, 3.63) is 98.5 Å². The van der Waals surface area contributed by atoms with E-state index in [2.05, 4.69) is 72.8 Å². The fraction of sp³-hybridized carbons (Fsp3) is 0.200.